The van der Waals surface area contributed by atoms with Crippen molar-refractivity contribution in [3.63, 3.8) is 0 Å². The van der Waals surface area contributed by atoms with Crippen molar-refractivity contribution in [1.29, 1.82) is 0 Å². The van der Waals surface area contributed by atoms with Crippen molar-refractivity contribution < 1.29 is 14.4 Å². The van der Waals surface area contributed by atoms with Gasteiger partial charge in [-0.15, -0.1) is 11.6 Å². The van der Waals surface area contributed by atoms with Crippen LogP contribution >= 0.6 is 11.6 Å². The fourth-order valence-electron chi connectivity index (χ4n) is 1.94. The molecule has 6 nitrogen and oxygen atoms in total. The number of carbonyl (C=O) groups is 3. The van der Waals surface area contributed by atoms with Gasteiger partial charge in [-0.1, -0.05) is 26.0 Å². The van der Waals surface area contributed by atoms with Gasteiger partial charge in [0, 0.05) is 11.6 Å². The molecule has 3 N–H and O–H groups in total. The van der Waals surface area contributed by atoms with Gasteiger partial charge in [-0.3, -0.25) is 14.4 Å². The van der Waals surface area contributed by atoms with E-state index in [1.165, 1.54) is 0 Å². The number of benzene rings is 1. The maximum absolute atomic E-state index is 12.1. The van der Waals surface area contributed by atoms with Crippen LogP contribution in [0.25, 0.3) is 0 Å². The second kappa shape index (κ2) is 9.15. The van der Waals surface area contributed by atoms with E-state index in [0.29, 0.717) is 18.0 Å². The molecule has 7 heteroatoms. The van der Waals surface area contributed by atoms with E-state index in [1.807, 2.05) is 26.0 Å². The maximum atomic E-state index is 12.1. The number of rotatable bonds is 8. The molecule has 1 aromatic carbocycles. The fourth-order valence-corrected chi connectivity index (χ4v) is 2.12. The monoisotopic (exact) mass is 339 g/mol. The average molecular weight is 340 g/mol. The zero-order valence-corrected chi connectivity index (χ0v) is 14.2. The van der Waals surface area contributed by atoms with Crippen molar-refractivity contribution in [2.24, 2.45) is 5.92 Å². The predicted octanol–water partition coefficient (Wildman–Crippen LogP) is 1.64. The third kappa shape index (κ3) is 5.90. The lowest BCUT2D eigenvalue weighted by molar-refractivity contribution is -0.129. The van der Waals surface area contributed by atoms with Crippen LogP contribution in [0.4, 0.5) is 5.69 Å². The summed E-state index contributed by atoms with van der Waals surface area (Å²) in [7, 11) is 0. The molecular weight excluding hydrogens is 318 g/mol. The van der Waals surface area contributed by atoms with Crippen LogP contribution in [-0.2, 0) is 20.3 Å². The summed E-state index contributed by atoms with van der Waals surface area (Å²) in [5.74, 6) is -0.419. The topological polar surface area (TPSA) is 87.3 Å². The Kier molecular flexibility index (Phi) is 7.54. The molecule has 0 bridgehead atoms. The van der Waals surface area contributed by atoms with Crippen LogP contribution in [-0.4, -0.2) is 30.3 Å². The van der Waals surface area contributed by atoms with Gasteiger partial charge in [0.25, 0.3) is 0 Å². The second-order valence-corrected chi connectivity index (χ2v) is 5.82. The lowest BCUT2D eigenvalue weighted by Crippen LogP contribution is -2.52. The summed E-state index contributed by atoms with van der Waals surface area (Å²) >= 11 is 5.71. The Hall–Kier alpha value is -2.08. The normalized spacial score (nSPS) is 13.1. The summed E-state index contributed by atoms with van der Waals surface area (Å²) in [4.78, 5) is 34.8. The highest BCUT2D eigenvalue weighted by Crippen LogP contribution is 2.11. The molecule has 0 heterocycles. The number of nitrogens with one attached hydrogen (secondary N) is 3. The lowest BCUT2D eigenvalue weighted by Gasteiger charge is -2.22. The molecule has 0 saturated heterocycles. The molecule has 0 aliphatic heterocycles. The molecule has 1 unspecified atom stereocenters. The van der Waals surface area contributed by atoms with E-state index in [9.17, 15) is 14.4 Å². The lowest BCUT2D eigenvalue weighted by atomic mass is 10.0. The van der Waals surface area contributed by atoms with Crippen LogP contribution in [0.1, 0.15) is 26.3 Å². The van der Waals surface area contributed by atoms with Gasteiger partial charge >= 0.3 is 0 Å². The highest BCUT2D eigenvalue weighted by molar-refractivity contribution is 6.17. The van der Waals surface area contributed by atoms with Crippen molar-refractivity contribution in [2.45, 2.75) is 38.7 Å². The molecule has 0 fully saturated rings. The predicted molar refractivity (Wildman–Crippen MR) is 90.1 cm³/mol. The van der Waals surface area contributed by atoms with E-state index in [-0.39, 0.29) is 11.8 Å². The van der Waals surface area contributed by atoms with Gasteiger partial charge in [0.2, 0.25) is 18.2 Å². The molecule has 1 aromatic rings. The minimum absolute atomic E-state index is 0.0847. The molecule has 0 radical (unpaired) electrons. The van der Waals surface area contributed by atoms with E-state index < -0.39 is 18.0 Å². The third-order valence-electron chi connectivity index (χ3n) is 3.32. The summed E-state index contributed by atoms with van der Waals surface area (Å²) in [5, 5.41) is 7.76. The summed E-state index contributed by atoms with van der Waals surface area (Å²) in [6.07, 6.45) is 0.480. The first kappa shape index (κ1) is 19.0. The molecule has 23 heavy (non-hydrogen) atoms. The molecule has 0 spiro atoms. The van der Waals surface area contributed by atoms with Gasteiger partial charge < -0.3 is 16.0 Å². The van der Waals surface area contributed by atoms with E-state index >= 15 is 0 Å². The largest absolute Gasteiger partial charge is 0.347 e. The molecule has 3 amide bonds. The SMILES string of the molecule is CC(C)C(NC=O)C(=O)N[C@@H](C)C(=O)Nc1ccc(CCl)cc1. The molecular formula is C16H22ClN3O3. The van der Waals surface area contributed by atoms with E-state index in [4.69, 9.17) is 11.6 Å². The molecule has 0 saturated carbocycles. The van der Waals surface area contributed by atoms with Gasteiger partial charge in [-0.2, -0.15) is 0 Å². The van der Waals surface area contributed by atoms with Gasteiger partial charge in [-0.25, -0.2) is 0 Å². The zero-order chi connectivity index (χ0) is 17.4. The number of hydrogen-bond acceptors (Lipinski definition) is 3. The zero-order valence-electron chi connectivity index (χ0n) is 13.4. The third-order valence-corrected chi connectivity index (χ3v) is 3.63. The van der Waals surface area contributed by atoms with Crippen molar-refractivity contribution in [3.8, 4) is 0 Å². The quantitative estimate of drug-likeness (QED) is 0.497. The fraction of sp³-hybridized carbons (Fsp3) is 0.438. The minimum atomic E-state index is -0.732. The first-order valence-electron chi connectivity index (χ1n) is 7.34. The first-order chi connectivity index (χ1) is 10.9. The molecule has 2 atom stereocenters. The molecule has 0 aromatic heterocycles. The number of anilines is 1. The minimum Gasteiger partial charge on any atom is -0.347 e. The van der Waals surface area contributed by atoms with Crippen LogP contribution in [0.3, 0.4) is 0 Å². The van der Waals surface area contributed by atoms with E-state index in [1.54, 1.807) is 19.1 Å². The van der Waals surface area contributed by atoms with Crippen molar-refractivity contribution in [3.05, 3.63) is 29.8 Å². The standard InChI is InChI=1S/C16H22ClN3O3/c1-10(2)14(18-9-21)16(23)19-11(3)15(22)20-13-6-4-12(8-17)5-7-13/h4-7,9-11,14H,8H2,1-3H3,(H,18,21)(H,19,23)(H,20,22)/t11-,14?/m0/s1. The van der Waals surface area contributed by atoms with Gasteiger partial charge in [0.1, 0.15) is 12.1 Å². The van der Waals surface area contributed by atoms with Crippen LogP contribution < -0.4 is 16.0 Å². The Labute approximate surface area is 141 Å². The Balaban J connectivity index is 2.61. The van der Waals surface area contributed by atoms with Gasteiger partial charge in [-0.05, 0) is 30.5 Å². The van der Waals surface area contributed by atoms with Crippen LogP contribution in [0, 0.1) is 5.92 Å². The van der Waals surface area contributed by atoms with Gasteiger partial charge in [0.05, 0.1) is 0 Å². The van der Waals surface area contributed by atoms with E-state index in [0.717, 1.165) is 5.56 Å². The number of alkyl halides is 1. The van der Waals surface area contributed by atoms with E-state index in [2.05, 4.69) is 16.0 Å². The van der Waals surface area contributed by atoms with Crippen molar-refractivity contribution in [2.75, 3.05) is 5.32 Å². The molecule has 0 aliphatic rings. The smallest absolute Gasteiger partial charge is 0.246 e. The van der Waals surface area contributed by atoms with Crippen molar-refractivity contribution >= 4 is 35.5 Å². The summed E-state index contributed by atoms with van der Waals surface area (Å²) < 4.78 is 0. The van der Waals surface area contributed by atoms with Crippen LogP contribution in [0.5, 0.6) is 0 Å². The Morgan fingerprint density at radius 2 is 1.74 bits per heavy atom. The first-order valence-corrected chi connectivity index (χ1v) is 7.88. The molecule has 1 rings (SSSR count). The molecule has 126 valence electrons. The highest BCUT2D eigenvalue weighted by atomic mass is 35.5. The summed E-state index contributed by atoms with van der Waals surface area (Å²) in [6, 6.07) is 5.71. The molecule has 0 aliphatic carbocycles. The highest BCUT2D eigenvalue weighted by Gasteiger charge is 2.24. The van der Waals surface area contributed by atoms with Gasteiger partial charge in [0.15, 0.2) is 0 Å². The Morgan fingerprint density at radius 3 is 2.22 bits per heavy atom. The Bertz CT molecular complexity index is 546. The maximum Gasteiger partial charge on any atom is 0.246 e. The number of hydrogen-bond donors (Lipinski definition) is 3. The summed E-state index contributed by atoms with van der Waals surface area (Å²) in [6.45, 7) is 5.20. The number of amides is 3. The second-order valence-electron chi connectivity index (χ2n) is 5.56. The summed E-state index contributed by atoms with van der Waals surface area (Å²) in [5.41, 5.74) is 1.57. The van der Waals surface area contributed by atoms with Crippen LogP contribution in [0.2, 0.25) is 0 Å². The number of carbonyl (C=O) groups excluding carboxylic acids is 3. The van der Waals surface area contributed by atoms with Crippen molar-refractivity contribution in [1.82, 2.24) is 10.6 Å². The number of halogens is 1. The van der Waals surface area contributed by atoms with Crippen LogP contribution in [0.15, 0.2) is 24.3 Å². The average Bonchev–Trinajstić information content (AvgIpc) is 2.52. The Morgan fingerprint density at radius 1 is 1.13 bits per heavy atom.